The van der Waals surface area contributed by atoms with Crippen LogP contribution in [0.3, 0.4) is 0 Å². The van der Waals surface area contributed by atoms with Crippen molar-refractivity contribution in [2.45, 2.75) is 116 Å². The number of unbranched alkanes of at least 4 members (excludes halogenated alkanes) is 5. The maximum atomic E-state index is 12.5. The first-order valence-corrected chi connectivity index (χ1v) is 11.2. The van der Waals surface area contributed by atoms with Crippen molar-refractivity contribution in [3.8, 4) is 0 Å². The molecule has 1 nitrogen and oxygen atoms in total. The van der Waals surface area contributed by atoms with Crippen LogP contribution < -0.4 is 0 Å². The zero-order valence-electron chi connectivity index (χ0n) is 16.7. The molecule has 0 radical (unpaired) electrons. The lowest BCUT2D eigenvalue weighted by Crippen LogP contribution is -2.29. The zero-order chi connectivity index (χ0) is 18.8. The van der Waals surface area contributed by atoms with Crippen LogP contribution in [0.25, 0.3) is 0 Å². The predicted octanol–water partition coefficient (Wildman–Crippen LogP) is 7.68. The summed E-state index contributed by atoms with van der Waals surface area (Å²) in [6.45, 7) is 3.15. The number of hydrogen-bond donors (Lipinski definition) is 0. The van der Waals surface area contributed by atoms with E-state index >= 15 is 0 Å². The van der Waals surface area contributed by atoms with E-state index in [-0.39, 0.29) is 5.92 Å². The third kappa shape index (κ3) is 8.63. The SMILES string of the molecule is CCCCCCCCO[C@H]1CC[C@H]([C@H]2CC[C@H](CC(F)(F)F)CC2)CC1. The first-order valence-electron chi connectivity index (χ1n) is 11.2. The molecule has 2 aliphatic rings. The molecule has 0 spiro atoms. The van der Waals surface area contributed by atoms with Crippen molar-refractivity contribution in [1.82, 2.24) is 0 Å². The van der Waals surface area contributed by atoms with E-state index in [2.05, 4.69) is 6.92 Å². The van der Waals surface area contributed by atoms with Gasteiger partial charge in [-0.25, -0.2) is 0 Å². The molecule has 0 heterocycles. The second-order valence-electron chi connectivity index (χ2n) is 8.78. The van der Waals surface area contributed by atoms with Gasteiger partial charge in [0, 0.05) is 13.0 Å². The van der Waals surface area contributed by atoms with Crippen LogP contribution in [0.2, 0.25) is 0 Å². The van der Waals surface area contributed by atoms with Crippen molar-refractivity contribution in [2.75, 3.05) is 6.61 Å². The van der Waals surface area contributed by atoms with Crippen molar-refractivity contribution in [3.05, 3.63) is 0 Å². The van der Waals surface area contributed by atoms with Gasteiger partial charge in [0.05, 0.1) is 6.10 Å². The molecule has 154 valence electrons. The van der Waals surface area contributed by atoms with Gasteiger partial charge in [0.1, 0.15) is 0 Å². The minimum Gasteiger partial charge on any atom is -0.378 e. The van der Waals surface area contributed by atoms with Crippen LogP contribution in [0.4, 0.5) is 13.2 Å². The Labute approximate surface area is 158 Å². The van der Waals surface area contributed by atoms with Crippen LogP contribution in [0.1, 0.15) is 103 Å². The Hall–Kier alpha value is -0.250. The molecular weight excluding hydrogens is 337 g/mol. The van der Waals surface area contributed by atoms with E-state index in [9.17, 15) is 13.2 Å². The van der Waals surface area contributed by atoms with Crippen LogP contribution in [-0.2, 0) is 4.74 Å². The summed E-state index contributed by atoms with van der Waals surface area (Å²) in [5, 5.41) is 0. The van der Waals surface area contributed by atoms with Crippen LogP contribution in [-0.4, -0.2) is 18.9 Å². The van der Waals surface area contributed by atoms with E-state index in [1.807, 2.05) is 0 Å². The molecule has 0 N–H and O–H groups in total. The van der Waals surface area contributed by atoms with Crippen molar-refractivity contribution in [1.29, 1.82) is 0 Å². The second-order valence-corrected chi connectivity index (χ2v) is 8.78. The monoisotopic (exact) mass is 376 g/mol. The molecule has 0 aromatic carbocycles. The molecule has 26 heavy (non-hydrogen) atoms. The highest BCUT2D eigenvalue weighted by molar-refractivity contribution is 4.83. The molecule has 0 amide bonds. The summed E-state index contributed by atoms with van der Waals surface area (Å²) in [5.74, 6) is 1.28. The Bertz CT molecular complexity index is 353. The van der Waals surface area contributed by atoms with E-state index < -0.39 is 12.6 Å². The molecule has 0 atom stereocenters. The van der Waals surface area contributed by atoms with Gasteiger partial charge in [0.2, 0.25) is 0 Å². The molecule has 0 bridgehead atoms. The summed E-state index contributed by atoms with van der Waals surface area (Å²) in [5.41, 5.74) is 0. The normalized spacial score (nSPS) is 30.5. The maximum absolute atomic E-state index is 12.5. The minimum atomic E-state index is -3.98. The Morgan fingerprint density at radius 1 is 0.731 bits per heavy atom. The molecule has 0 aliphatic heterocycles. The smallest absolute Gasteiger partial charge is 0.378 e. The molecule has 0 aromatic heterocycles. The summed E-state index contributed by atoms with van der Waals surface area (Å²) in [4.78, 5) is 0. The summed E-state index contributed by atoms with van der Waals surface area (Å²) >= 11 is 0. The minimum absolute atomic E-state index is 0.122. The molecule has 0 unspecified atom stereocenters. The van der Waals surface area contributed by atoms with Crippen LogP contribution in [0, 0.1) is 17.8 Å². The number of ether oxygens (including phenoxy) is 1. The molecule has 2 fully saturated rings. The van der Waals surface area contributed by atoms with Crippen LogP contribution in [0.5, 0.6) is 0 Å². The highest BCUT2D eigenvalue weighted by Crippen LogP contribution is 2.43. The van der Waals surface area contributed by atoms with E-state index in [4.69, 9.17) is 4.74 Å². The lowest BCUT2D eigenvalue weighted by Gasteiger charge is -2.38. The van der Waals surface area contributed by atoms with Gasteiger partial charge >= 0.3 is 6.18 Å². The Morgan fingerprint density at radius 2 is 1.27 bits per heavy atom. The fraction of sp³-hybridized carbons (Fsp3) is 1.00. The summed E-state index contributed by atoms with van der Waals surface area (Å²) in [6, 6.07) is 0. The predicted molar refractivity (Wildman–Crippen MR) is 101 cm³/mol. The van der Waals surface area contributed by atoms with Gasteiger partial charge in [-0.3, -0.25) is 0 Å². The van der Waals surface area contributed by atoms with Crippen molar-refractivity contribution < 1.29 is 17.9 Å². The molecule has 0 aromatic rings. The summed E-state index contributed by atoms with van der Waals surface area (Å²) in [6.07, 6.45) is 12.0. The molecule has 2 saturated carbocycles. The third-order valence-corrected chi connectivity index (χ3v) is 6.65. The topological polar surface area (TPSA) is 9.23 Å². The van der Waals surface area contributed by atoms with E-state index in [1.54, 1.807) is 0 Å². The highest BCUT2D eigenvalue weighted by atomic mass is 19.4. The average molecular weight is 377 g/mol. The fourth-order valence-corrected chi connectivity index (χ4v) is 5.05. The molecule has 0 saturated heterocycles. The molecule has 4 heteroatoms. The molecule has 2 aliphatic carbocycles. The zero-order valence-corrected chi connectivity index (χ0v) is 16.7. The van der Waals surface area contributed by atoms with Gasteiger partial charge in [-0.2, -0.15) is 13.2 Å². The Kier molecular flexibility index (Phi) is 9.80. The molecule has 2 rings (SSSR count). The lowest BCUT2D eigenvalue weighted by molar-refractivity contribution is -0.147. The standard InChI is InChI=1S/C22H39F3O/c1-2-3-4-5-6-7-16-26-21-14-12-20(13-15-21)19-10-8-18(9-11-19)17-22(23,24)25/h18-21H,2-17H2,1H3/t18-,19-,20-,21-. The van der Waals surface area contributed by atoms with E-state index in [0.717, 1.165) is 51.0 Å². The molecular formula is C22H39F3O. The number of alkyl halides is 3. The van der Waals surface area contributed by atoms with Crippen molar-refractivity contribution >= 4 is 0 Å². The highest BCUT2D eigenvalue weighted by Gasteiger charge is 2.36. The van der Waals surface area contributed by atoms with Gasteiger partial charge in [-0.05, 0) is 75.5 Å². The quantitative estimate of drug-likeness (QED) is 0.355. The Balaban J connectivity index is 1.52. The van der Waals surface area contributed by atoms with Gasteiger partial charge in [0.25, 0.3) is 0 Å². The number of hydrogen-bond acceptors (Lipinski definition) is 1. The van der Waals surface area contributed by atoms with Gasteiger partial charge in [-0.1, -0.05) is 39.0 Å². The van der Waals surface area contributed by atoms with E-state index in [0.29, 0.717) is 12.0 Å². The Morgan fingerprint density at radius 3 is 1.85 bits per heavy atom. The van der Waals surface area contributed by atoms with Crippen LogP contribution >= 0.6 is 0 Å². The van der Waals surface area contributed by atoms with E-state index in [1.165, 1.54) is 51.4 Å². The van der Waals surface area contributed by atoms with Crippen LogP contribution in [0.15, 0.2) is 0 Å². The largest absolute Gasteiger partial charge is 0.389 e. The van der Waals surface area contributed by atoms with Gasteiger partial charge in [-0.15, -0.1) is 0 Å². The second kappa shape index (κ2) is 11.6. The first-order chi connectivity index (χ1) is 12.5. The average Bonchev–Trinajstić information content (AvgIpc) is 2.61. The fourth-order valence-electron chi connectivity index (χ4n) is 5.05. The third-order valence-electron chi connectivity index (χ3n) is 6.65. The van der Waals surface area contributed by atoms with Gasteiger partial charge < -0.3 is 4.74 Å². The van der Waals surface area contributed by atoms with Crippen molar-refractivity contribution in [2.24, 2.45) is 17.8 Å². The summed E-state index contributed by atoms with van der Waals surface area (Å²) < 4.78 is 43.7. The maximum Gasteiger partial charge on any atom is 0.389 e. The van der Waals surface area contributed by atoms with Gasteiger partial charge in [0.15, 0.2) is 0 Å². The number of rotatable bonds is 10. The summed E-state index contributed by atoms with van der Waals surface area (Å²) in [7, 11) is 0. The first kappa shape index (κ1) is 22.0. The van der Waals surface area contributed by atoms with Crippen molar-refractivity contribution in [3.63, 3.8) is 0 Å². The number of halogens is 3. The lowest BCUT2D eigenvalue weighted by atomic mass is 9.70.